The van der Waals surface area contributed by atoms with Crippen molar-refractivity contribution in [3.05, 3.63) is 29.6 Å². The number of carbonyl (C=O) groups excluding carboxylic acids is 1. The minimum atomic E-state index is -0.950. The minimum absolute atomic E-state index is 0.0644. The molecule has 0 saturated carbocycles. The van der Waals surface area contributed by atoms with Crippen LogP contribution in [-0.4, -0.2) is 33.1 Å². The Hall–Kier alpha value is -2.37. The van der Waals surface area contributed by atoms with Gasteiger partial charge in [-0.2, -0.15) is 0 Å². The molecule has 2 N–H and O–H groups in total. The first-order chi connectivity index (χ1) is 9.56. The average Bonchev–Trinajstić information content (AvgIpc) is 2.75. The van der Waals surface area contributed by atoms with Gasteiger partial charge in [0.25, 0.3) is 0 Å². The number of aryl methyl sites for hydroxylation is 1. The van der Waals surface area contributed by atoms with Crippen LogP contribution in [0.2, 0.25) is 0 Å². The summed E-state index contributed by atoms with van der Waals surface area (Å²) in [6.45, 7) is 2.46. The maximum atomic E-state index is 11.3. The standard InChI is InChI=1S/C14H15N3O3/c1-8-16-11-4-2-9(14(19)20)6-12(11)17(8)10-3-5-13(18)15-7-10/h2,4,6,10H,3,5,7H2,1H3,(H,15,18)(H,19,20). The molecule has 1 aliphatic heterocycles. The maximum absolute atomic E-state index is 11.3. The number of hydrogen-bond donors (Lipinski definition) is 2. The van der Waals surface area contributed by atoms with E-state index >= 15 is 0 Å². The van der Waals surface area contributed by atoms with E-state index in [2.05, 4.69) is 10.3 Å². The van der Waals surface area contributed by atoms with Gasteiger partial charge in [-0.25, -0.2) is 9.78 Å². The Bertz CT molecular complexity index is 695. The van der Waals surface area contributed by atoms with E-state index in [-0.39, 0.29) is 17.5 Å². The summed E-state index contributed by atoms with van der Waals surface area (Å²) in [5.74, 6) is -0.0486. The summed E-state index contributed by atoms with van der Waals surface area (Å²) >= 11 is 0. The fraction of sp³-hybridized carbons (Fsp3) is 0.357. The third-order valence-corrected chi connectivity index (χ3v) is 3.72. The Kier molecular flexibility index (Phi) is 2.93. The van der Waals surface area contributed by atoms with E-state index in [0.29, 0.717) is 13.0 Å². The number of amides is 1. The third-order valence-electron chi connectivity index (χ3n) is 3.72. The van der Waals surface area contributed by atoms with E-state index in [0.717, 1.165) is 23.3 Å². The van der Waals surface area contributed by atoms with Crippen LogP contribution >= 0.6 is 0 Å². The molecule has 6 nitrogen and oxygen atoms in total. The fourth-order valence-electron chi connectivity index (χ4n) is 2.75. The number of imidazole rings is 1. The molecule has 0 radical (unpaired) electrons. The van der Waals surface area contributed by atoms with E-state index in [4.69, 9.17) is 5.11 Å². The first-order valence-electron chi connectivity index (χ1n) is 6.55. The van der Waals surface area contributed by atoms with E-state index in [9.17, 15) is 9.59 Å². The number of carbonyl (C=O) groups is 2. The van der Waals surface area contributed by atoms with Crippen LogP contribution in [-0.2, 0) is 4.79 Å². The Morgan fingerprint density at radius 1 is 1.50 bits per heavy atom. The molecule has 2 aromatic rings. The summed E-state index contributed by atoms with van der Waals surface area (Å²) in [4.78, 5) is 26.8. The number of piperidine rings is 1. The molecule has 2 heterocycles. The zero-order valence-corrected chi connectivity index (χ0v) is 11.1. The number of nitrogens with zero attached hydrogens (tertiary/aromatic N) is 2. The van der Waals surface area contributed by atoms with Gasteiger partial charge in [0, 0.05) is 13.0 Å². The molecule has 1 atom stereocenters. The highest BCUT2D eigenvalue weighted by Gasteiger charge is 2.23. The molecule has 20 heavy (non-hydrogen) atoms. The molecular formula is C14H15N3O3. The van der Waals surface area contributed by atoms with Crippen LogP contribution in [0.25, 0.3) is 11.0 Å². The first-order valence-corrected chi connectivity index (χ1v) is 6.55. The molecule has 1 unspecified atom stereocenters. The lowest BCUT2D eigenvalue weighted by Crippen LogP contribution is -2.36. The van der Waals surface area contributed by atoms with Crippen LogP contribution < -0.4 is 5.32 Å². The lowest BCUT2D eigenvalue weighted by Gasteiger charge is -2.25. The van der Waals surface area contributed by atoms with Gasteiger partial charge in [-0.05, 0) is 31.5 Å². The number of fused-ring (bicyclic) bond motifs is 1. The lowest BCUT2D eigenvalue weighted by atomic mass is 10.1. The quantitative estimate of drug-likeness (QED) is 0.868. The molecule has 6 heteroatoms. The molecule has 0 spiro atoms. The van der Waals surface area contributed by atoms with Gasteiger partial charge >= 0.3 is 5.97 Å². The Morgan fingerprint density at radius 2 is 2.30 bits per heavy atom. The summed E-state index contributed by atoms with van der Waals surface area (Å²) in [7, 11) is 0. The van der Waals surface area contributed by atoms with Gasteiger partial charge < -0.3 is 15.0 Å². The van der Waals surface area contributed by atoms with Crippen molar-refractivity contribution >= 4 is 22.9 Å². The number of nitrogens with one attached hydrogen (secondary N) is 1. The van der Waals surface area contributed by atoms with Crippen molar-refractivity contribution in [2.24, 2.45) is 0 Å². The number of carboxylic acid groups (broad SMARTS) is 1. The van der Waals surface area contributed by atoms with Gasteiger partial charge in [-0.1, -0.05) is 0 Å². The number of rotatable bonds is 2. The number of hydrogen-bond acceptors (Lipinski definition) is 3. The highest BCUT2D eigenvalue weighted by Crippen LogP contribution is 2.26. The van der Waals surface area contributed by atoms with E-state index < -0.39 is 5.97 Å². The predicted molar refractivity (Wildman–Crippen MR) is 72.7 cm³/mol. The highest BCUT2D eigenvalue weighted by molar-refractivity contribution is 5.92. The van der Waals surface area contributed by atoms with Gasteiger partial charge in [0.05, 0.1) is 22.6 Å². The SMILES string of the molecule is Cc1nc2ccc(C(=O)O)cc2n1C1CCC(=O)NC1. The smallest absolute Gasteiger partial charge is 0.335 e. The summed E-state index contributed by atoms with van der Waals surface area (Å²) < 4.78 is 2.03. The van der Waals surface area contributed by atoms with Gasteiger partial charge in [0.15, 0.2) is 0 Å². The molecule has 1 saturated heterocycles. The van der Waals surface area contributed by atoms with Crippen LogP contribution in [0.1, 0.15) is 35.1 Å². The number of aromatic nitrogens is 2. The first kappa shape index (κ1) is 12.7. The maximum Gasteiger partial charge on any atom is 0.335 e. The van der Waals surface area contributed by atoms with E-state index in [1.54, 1.807) is 18.2 Å². The Labute approximate surface area is 115 Å². The molecule has 1 amide bonds. The summed E-state index contributed by atoms with van der Waals surface area (Å²) in [5, 5.41) is 11.9. The number of aromatic carboxylic acids is 1. The van der Waals surface area contributed by atoms with Gasteiger partial charge in [0.1, 0.15) is 5.82 Å². The molecule has 104 valence electrons. The monoisotopic (exact) mass is 273 g/mol. The van der Waals surface area contributed by atoms with Crippen molar-refractivity contribution in [1.82, 2.24) is 14.9 Å². The van der Waals surface area contributed by atoms with Crippen molar-refractivity contribution in [3.63, 3.8) is 0 Å². The zero-order valence-electron chi connectivity index (χ0n) is 11.1. The largest absolute Gasteiger partial charge is 0.478 e. The molecule has 1 aromatic carbocycles. The van der Waals surface area contributed by atoms with Crippen molar-refractivity contribution < 1.29 is 14.7 Å². The summed E-state index contributed by atoms with van der Waals surface area (Å²) in [6.07, 6.45) is 1.23. The molecule has 1 aliphatic rings. The van der Waals surface area contributed by atoms with Gasteiger partial charge in [0.2, 0.25) is 5.91 Å². The molecule has 1 fully saturated rings. The second kappa shape index (κ2) is 4.63. The molecule has 0 aliphatic carbocycles. The Balaban J connectivity index is 2.09. The third kappa shape index (κ3) is 2.03. The zero-order chi connectivity index (χ0) is 14.3. The summed E-state index contributed by atoms with van der Waals surface area (Å²) in [6, 6.07) is 5.06. The lowest BCUT2D eigenvalue weighted by molar-refractivity contribution is -0.122. The molecule has 1 aromatic heterocycles. The van der Waals surface area contributed by atoms with Crippen LogP contribution in [0.3, 0.4) is 0 Å². The minimum Gasteiger partial charge on any atom is -0.478 e. The second-order valence-corrected chi connectivity index (χ2v) is 5.03. The van der Waals surface area contributed by atoms with Crippen LogP contribution in [0.15, 0.2) is 18.2 Å². The highest BCUT2D eigenvalue weighted by atomic mass is 16.4. The number of carboxylic acids is 1. The van der Waals surface area contributed by atoms with Crippen LogP contribution in [0.4, 0.5) is 0 Å². The molecular weight excluding hydrogens is 258 g/mol. The Morgan fingerprint density at radius 3 is 2.95 bits per heavy atom. The topological polar surface area (TPSA) is 84.2 Å². The average molecular weight is 273 g/mol. The van der Waals surface area contributed by atoms with Crippen molar-refractivity contribution in [1.29, 1.82) is 0 Å². The van der Waals surface area contributed by atoms with Crippen LogP contribution in [0, 0.1) is 6.92 Å². The van der Waals surface area contributed by atoms with Gasteiger partial charge in [-0.3, -0.25) is 4.79 Å². The van der Waals surface area contributed by atoms with E-state index in [1.165, 1.54) is 0 Å². The second-order valence-electron chi connectivity index (χ2n) is 5.03. The van der Waals surface area contributed by atoms with Crippen molar-refractivity contribution in [2.45, 2.75) is 25.8 Å². The summed E-state index contributed by atoms with van der Waals surface area (Å²) in [5.41, 5.74) is 1.84. The fourth-order valence-corrected chi connectivity index (χ4v) is 2.75. The van der Waals surface area contributed by atoms with Gasteiger partial charge in [-0.15, -0.1) is 0 Å². The normalized spacial score (nSPS) is 19.1. The molecule has 0 bridgehead atoms. The number of benzene rings is 1. The van der Waals surface area contributed by atoms with Crippen molar-refractivity contribution in [2.75, 3.05) is 6.54 Å². The predicted octanol–water partition coefficient (Wildman–Crippen LogP) is 1.49. The van der Waals surface area contributed by atoms with E-state index in [1.807, 2.05) is 11.5 Å². The van der Waals surface area contributed by atoms with Crippen molar-refractivity contribution in [3.8, 4) is 0 Å². The van der Waals surface area contributed by atoms with Crippen LogP contribution in [0.5, 0.6) is 0 Å². The molecule has 3 rings (SSSR count).